The first kappa shape index (κ1) is 17.4. The molecule has 2 aliphatic rings. The smallest absolute Gasteiger partial charge is 0.243 e. The Balaban J connectivity index is 1.99. The standard InChI is InChI=1S/C17H24N2O4S/c1-12-10-23-11-13(2)19(12)24(21,22)16-6-7-17-15(9-16)5-4-8-18(17)14(3)20/h6-7,9,12-13H,4-5,8,10-11H2,1-3H3. The minimum Gasteiger partial charge on any atom is -0.378 e. The monoisotopic (exact) mass is 352 g/mol. The molecule has 0 bridgehead atoms. The molecular weight excluding hydrogens is 328 g/mol. The highest BCUT2D eigenvalue weighted by Crippen LogP contribution is 2.32. The summed E-state index contributed by atoms with van der Waals surface area (Å²) in [4.78, 5) is 13.8. The predicted molar refractivity (Wildman–Crippen MR) is 91.6 cm³/mol. The zero-order valence-corrected chi connectivity index (χ0v) is 15.2. The van der Waals surface area contributed by atoms with E-state index in [-0.39, 0.29) is 18.0 Å². The van der Waals surface area contributed by atoms with Gasteiger partial charge in [-0.1, -0.05) is 0 Å². The number of anilines is 1. The molecule has 1 amide bonds. The van der Waals surface area contributed by atoms with Crippen LogP contribution in [0.2, 0.25) is 0 Å². The first-order chi connectivity index (χ1) is 11.3. The van der Waals surface area contributed by atoms with Crippen LogP contribution in [0.25, 0.3) is 0 Å². The van der Waals surface area contributed by atoms with Crippen LogP contribution in [0.15, 0.2) is 23.1 Å². The van der Waals surface area contributed by atoms with E-state index in [0.717, 1.165) is 24.1 Å². The number of fused-ring (bicyclic) bond motifs is 1. The van der Waals surface area contributed by atoms with Crippen molar-refractivity contribution in [3.05, 3.63) is 23.8 Å². The molecule has 7 heteroatoms. The van der Waals surface area contributed by atoms with Crippen LogP contribution >= 0.6 is 0 Å². The van der Waals surface area contributed by atoms with Crippen LogP contribution in [0.4, 0.5) is 5.69 Å². The average Bonchev–Trinajstić information content (AvgIpc) is 2.53. The third-order valence-electron chi connectivity index (χ3n) is 4.71. The highest BCUT2D eigenvalue weighted by atomic mass is 32.2. The van der Waals surface area contributed by atoms with Crippen LogP contribution in [0.1, 0.15) is 32.8 Å². The van der Waals surface area contributed by atoms with Gasteiger partial charge in [0.15, 0.2) is 0 Å². The van der Waals surface area contributed by atoms with Crippen LogP contribution in [-0.2, 0) is 26.0 Å². The number of carbonyl (C=O) groups excluding carboxylic acids is 1. The van der Waals surface area contributed by atoms with E-state index in [2.05, 4.69) is 0 Å². The maximum absolute atomic E-state index is 13.1. The van der Waals surface area contributed by atoms with Gasteiger partial charge in [-0.25, -0.2) is 8.42 Å². The van der Waals surface area contributed by atoms with E-state index < -0.39 is 10.0 Å². The molecule has 0 radical (unpaired) electrons. The summed E-state index contributed by atoms with van der Waals surface area (Å²) < 4.78 is 33.2. The quantitative estimate of drug-likeness (QED) is 0.814. The van der Waals surface area contributed by atoms with Gasteiger partial charge in [0.25, 0.3) is 0 Å². The normalized spacial score (nSPS) is 25.4. The van der Waals surface area contributed by atoms with E-state index >= 15 is 0 Å². The van der Waals surface area contributed by atoms with Gasteiger partial charge in [-0.15, -0.1) is 0 Å². The van der Waals surface area contributed by atoms with Crippen molar-refractivity contribution in [3.63, 3.8) is 0 Å². The van der Waals surface area contributed by atoms with Crippen LogP contribution in [0.3, 0.4) is 0 Å². The summed E-state index contributed by atoms with van der Waals surface area (Å²) in [5.74, 6) is -0.0121. The largest absolute Gasteiger partial charge is 0.378 e. The Morgan fingerprint density at radius 3 is 2.50 bits per heavy atom. The molecule has 2 unspecified atom stereocenters. The predicted octanol–water partition coefficient (Wildman–Crippen LogP) is 1.78. The van der Waals surface area contributed by atoms with E-state index in [1.807, 2.05) is 13.8 Å². The van der Waals surface area contributed by atoms with Gasteiger partial charge in [0.2, 0.25) is 15.9 Å². The molecule has 24 heavy (non-hydrogen) atoms. The SMILES string of the molecule is CC(=O)N1CCCc2cc(S(=O)(=O)N3C(C)COCC3C)ccc21. The molecule has 2 aliphatic heterocycles. The fraction of sp³-hybridized carbons (Fsp3) is 0.588. The van der Waals surface area contributed by atoms with E-state index in [4.69, 9.17) is 4.74 Å². The van der Waals surface area contributed by atoms with Crippen molar-refractivity contribution in [2.45, 2.75) is 50.6 Å². The molecule has 3 rings (SSSR count). The maximum Gasteiger partial charge on any atom is 0.243 e. The Kier molecular flexibility index (Phi) is 4.68. The number of hydrogen-bond acceptors (Lipinski definition) is 4. The molecule has 132 valence electrons. The number of carbonyl (C=O) groups is 1. The van der Waals surface area contributed by atoms with Gasteiger partial charge in [0.05, 0.1) is 18.1 Å². The first-order valence-corrected chi connectivity index (χ1v) is 9.78. The Bertz CT molecular complexity index is 737. The number of amides is 1. The molecule has 1 aromatic carbocycles. The minimum absolute atomic E-state index is 0.0121. The van der Waals surface area contributed by atoms with Gasteiger partial charge in [0.1, 0.15) is 0 Å². The number of hydrogen-bond donors (Lipinski definition) is 0. The fourth-order valence-electron chi connectivity index (χ4n) is 3.65. The minimum atomic E-state index is -3.58. The lowest BCUT2D eigenvalue weighted by atomic mass is 10.0. The summed E-state index contributed by atoms with van der Waals surface area (Å²) in [7, 11) is -3.58. The molecule has 0 saturated carbocycles. The molecule has 0 aliphatic carbocycles. The number of sulfonamides is 1. The zero-order chi connectivity index (χ0) is 17.5. The van der Waals surface area contributed by atoms with Crippen molar-refractivity contribution in [2.75, 3.05) is 24.7 Å². The van der Waals surface area contributed by atoms with Crippen molar-refractivity contribution >= 4 is 21.6 Å². The van der Waals surface area contributed by atoms with Crippen LogP contribution in [0.5, 0.6) is 0 Å². The van der Waals surface area contributed by atoms with E-state index in [0.29, 0.717) is 24.7 Å². The van der Waals surface area contributed by atoms with Crippen molar-refractivity contribution < 1.29 is 17.9 Å². The van der Waals surface area contributed by atoms with Crippen LogP contribution in [-0.4, -0.2) is 50.5 Å². The number of rotatable bonds is 2. The molecule has 0 N–H and O–H groups in total. The number of benzene rings is 1. The molecular formula is C17H24N2O4S. The first-order valence-electron chi connectivity index (χ1n) is 8.34. The Labute approximate surface area is 143 Å². The van der Waals surface area contributed by atoms with Crippen molar-refractivity contribution in [1.82, 2.24) is 4.31 Å². The zero-order valence-electron chi connectivity index (χ0n) is 14.4. The Morgan fingerprint density at radius 2 is 1.88 bits per heavy atom. The van der Waals surface area contributed by atoms with E-state index in [1.165, 1.54) is 6.92 Å². The van der Waals surface area contributed by atoms with Gasteiger partial charge in [0, 0.05) is 31.2 Å². The topological polar surface area (TPSA) is 66.9 Å². The molecule has 2 heterocycles. The van der Waals surface area contributed by atoms with Crippen molar-refractivity contribution in [1.29, 1.82) is 0 Å². The molecule has 1 fully saturated rings. The fourth-order valence-corrected chi connectivity index (χ4v) is 5.49. The maximum atomic E-state index is 13.1. The molecule has 0 aromatic heterocycles. The van der Waals surface area contributed by atoms with Crippen molar-refractivity contribution in [2.24, 2.45) is 0 Å². The van der Waals surface area contributed by atoms with Crippen molar-refractivity contribution in [3.8, 4) is 0 Å². The number of aryl methyl sites for hydroxylation is 1. The second-order valence-electron chi connectivity index (χ2n) is 6.64. The summed E-state index contributed by atoms with van der Waals surface area (Å²) in [5, 5.41) is 0. The van der Waals surface area contributed by atoms with E-state index in [1.54, 1.807) is 27.4 Å². The van der Waals surface area contributed by atoms with Gasteiger partial charge in [-0.3, -0.25) is 4.79 Å². The summed E-state index contributed by atoms with van der Waals surface area (Å²) >= 11 is 0. The summed E-state index contributed by atoms with van der Waals surface area (Å²) in [6.07, 6.45) is 1.64. The van der Waals surface area contributed by atoms with Gasteiger partial charge in [-0.2, -0.15) is 4.31 Å². The second-order valence-corrected chi connectivity index (χ2v) is 8.48. The van der Waals surface area contributed by atoms with Crippen LogP contribution in [0, 0.1) is 0 Å². The molecule has 6 nitrogen and oxygen atoms in total. The van der Waals surface area contributed by atoms with Crippen LogP contribution < -0.4 is 4.90 Å². The lowest BCUT2D eigenvalue weighted by Crippen LogP contribution is -2.52. The third kappa shape index (κ3) is 2.96. The van der Waals surface area contributed by atoms with Gasteiger partial charge >= 0.3 is 0 Å². The summed E-state index contributed by atoms with van der Waals surface area (Å²) in [6.45, 7) is 6.77. The summed E-state index contributed by atoms with van der Waals surface area (Å²) in [5.41, 5.74) is 1.75. The molecule has 1 saturated heterocycles. The third-order valence-corrected chi connectivity index (χ3v) is 6.84. The number of morpholine rings is 1. The Morgan fingerprint density at radius 1 is 1.21 bits per heavy atom. The lowest BCUT2D eigenvalue weighted by Gasteiger charge is -2.37. The number of ether oxygens (including phenoxy) is 1. The van der Waals surface area contributed by atoms with Gasteiger partial charge in [-0.05, 0) is 50.5 Å². The highest BCUT2D eigenvalue weighted by Gasteiger charge is 2.36. The number of nitrogens with zero attached hydrogens (tertiary/aromatic N) is 2. The lowest BCUT2D eigenvalue weighted by molar-refractivity contribution is -0.116. The molecule has 1 aromatic rings. The second kappa shape index (κ2) is 6.46. The van der Waals surface area contributed by atoms with Gasteiger partial charge < -0.3 is 9.64 Å². The highest BCUT2D eigenvalue weighted by molar-refractivity contribution is 7.89. The molecule has 0 spiro atoms. The van der Waals surface area contributed by atoms with E-state index in [9.17, 15) is 13.2 Å². The average molecular weight is 352 g/mol. The summed E-state index contributed by atoms with van der Waals surface area (Å²) in [6, 6.07) is 4.73. The molecule has 2 atom stereocenters. The Hall–Kier alpha value is -1.44.